The van der Waals surface area contributed by atoms with Crippen molar-refractivity contribution in [3.05, 3.63) is 52.7 Å². The summed E-state index contributed by atoms with van der Waals surface area (Å²) in [6, 6.07) is 9.52. The number of nitrogens with two attached hydrogens (primary N) is 1. The summed E-state index contributed by atoms with van der Waals surface area (Å²) in [4.78, 5) is 15.7. The van der Waals surface area contributed by atoms with Gasteiger partial charge in [0.05, 0.1) is 17.0 Å². The van der Waals surface area contributed by atoms with E-state index in [-0.39, 0.29) is 11.3 Å². The van der Waals surface area contributed by atoms with Crippen LogP contribution in [0, 0.1) is 16.7 Å². The van der Waals surface area contributed by atoms with Crippen molar-refractivity contribution in [2.75, 3.05) is 0 Å². The molecule has 21 heavy (non-hydrogen) atoms. The third kappa shape index (κ3) is 1.98. The van der Waals surface area contributed by atoms with Crippen molar-refractivity contribution >= 4 is 22.9 Å². The van der Waals surface area contributed by atoms with Gasteiger partial charge in [-0.1, -0.05) is 30.3 Å². The van der Waals surface area contributed by atoms with Crippen molar-refractivity contribution in [3.63, 3.8) is 0 Å². The summed E-state index contributed by atoms with van der Waals surface area (Å²) < 4.78 is 0. The Morgan fingerprint density at radius 1 is 1.33 bits per heavy atom. The van der Waals surface area contributed by atoms with Gasteiger partial charge in [-0.25, -0.2) is 4.99 Å². The molecule has 1 aromatic rings. The number of rotatable bonds is 1. The Labute approximate surface area is 121 Å². The number of aliphatic imine (C=N–C) groups is 1. The number of hydrogen-bond acceptors (Lipinski definition) is 4. The Morgan fingerprint density at radius 2 is 2.05 bits per heavy atom. The third-order valence-electron chi connectivity index (χ3n) is 3.64. The minimum absolute atomic E-state index is 0.0211. The first kappa shape index (κ1) is 13.0. The molecule has 1 heterocycles. The van der Waals surface area contributed by atoms with Gasteiger partial charge in [-0.2, -0.15) is 5.26 Å². The predicted molar refractivity (Wildman–Crippen MR) is 79.8 cm³/mol. The fourth-order valence-corrected chi connectivity index (χ4v) is 2.68. The topological polar surface area (TPSA) is 103 Å². The van der Waals surface area contributed by atoms with Crippen LogP contribution in [0.1, 0.15) is 24.0 Å². The Bertz CT molecular complexity index is 806. The maximum absolute atomic E-state index is 11.4. The highest BCUT2D eigenvalue weighted by Gasteiger charge is 2.28. The zero-order valence-corrected chi connectivity index (χ0v) is 11.2. The molecule has 102 valence electrons. The van der Waals surface area contributed by atoms with E-state index in [0.717, 1.165) is 16.7 Å². The van der Waals surface area contributed by atoms with Crippen LogP contribution in [0.2, 0.25) is 0 Å². The number of amides is 1. The molecule has 0 fully saturated rings. The number of carbonyl (C=O) groups excluding carboxylic acids is 1. The van der Waals surface area contributed by atoms with Crippen molar-refractivity contribution in [2.45, 2.75) is 12.8 Å². The molecule has 0 radical (unpaired) electrons. The molecule has 5 heteroatoms. The zero-order valence-electron chi connectivity index (χ0n) is 11.2. The highest BCUT2D eigenvalue weighted by molar-refractivity contribution is 6.30. The number of carbonyl (C=O) groups is 1. The smallest absolute Gasteiger partial charge is 0.251 e. The number of nitriles is 1. The first-order valence-electron chi connectivity index (χ1n) is 6.54. The molecular formula is C16H12N4O. The molecule has 3 rings (SSSR count). The molecule has 0 saturated carbocycles. The summed E-state index contributed by atoms with van der Waals surface area (Å²) in [5.41, 5.74) is 8.91. The summed E-state index contributed by atoms with van der Waals surface area (Å²) in [5.74, 6) is -0.665. The second-order valence-electron chi connectivity index (χ2n) is 4.84. The van der Waals surface area contributed by atoms with Crippen molar-refractivity contribution < 1.29 is 4.79 Å². The molecule has 0 unspecified atom stereocenters. The van der Waals surface area contributed by atoms with Gasteiger partial charge < -0.3 is 5.73 Å². The second-order valence-corrected chi connectivity index (χ2v) is 4.84. The average molecular weight is 276 g/mol. The molecule has 1 aliphatic carbocycles. The van der Waals surface area contributed by atoms with E-state index < -0.39 is 5.91 Å². The first-order valence-corrected chi connectivity index (χ1v) is 6.54. The van der Waals surface area contributed by atoms with Gasteiger partial charge in [0.15, 0.2) is 5.71 Å². The number of hydrogen-bond donors (Lipinski definition) is 2. The molecule has 0 spiro atoms. The lowest BCUT2D eigenvalue weighted by atomic mass is 9.99. The normalized spacial score (nSPS) is 19.5. The molecular weight excluding hydrogens is 264 g/mol. The van der Waals surface area contributed by atoms with Gasteiger partial charge in [-0.3, -0.25) is 10.2 Å². The van der Waals surface area contributed by atoms with E-state index in [1.165, 1.54) is 0 Å². The lowest BCUT2D eigenvalue weighted by Gasteiger charge is -2.09. The van der Waals surface area contributed by atoms with Crippen LogP contribution in [0.15, 0.2) is 46.6 Å². The van der Waals surface area contributed by atoms with Crippen LogP contribution in [-0.2, 0) is 4.79 Å². The first-order chi connectivity index (χ1) is 10.1. The number of nitrogens with one attached hydrogen (secondary N) is 1. The molecule has 0 atom stereocenters. The molecule has 3 N–H and O–H groups in total. The fourth-order valence-electron chi connectivity index (χ4n) is 2.68. The molecule has 0 aromatic heterocycles. The van der Waals surface area contributed by atoms with E-state index in [0.29, 0.717) is 24.3 Å². The van der Waals surface area contributed by atoms with Crippen LogP contribution in [-0.4, -0.2) is 17.3 Å². The fraction of sp³-hybridized carbons (Fsp3) is 0.125. The number of allylic oxidation sites excluding steroid dienone is 3. The lowest BCUT2D eigenvalue weighted by Crippen LogP contribution is -2.21. The van der Waals surface area contributed by atoms with Crippen molar-refractivity contribution in [3.8, 4) is 6.07 Å². The van der Waals surface area contributed by atoms with E-state index in [1.54, 1.807) is 6.08 Å². The molecule has 1 aliphatic heterocycles. The van der Waals surface area contributed by atoms with Crippen molar-refractivity contribution in [1.82, 2.24) is 0 Å². The summed E-state index contributed by atoms with van der Waals surface area (Å²) in [6.07, 6.45) is 2.89. The monoisotopic (exact) mass is 276 g/mol. The lowest BCUT2D eigenvalue weighted by molar-refractivity contribution is -0.114. The van der Waals surface area contributed by atoms with Gasteiger partial charge in [0, 0.05) is 5.56 Å². The van der Waals surface area contributed by atoms with Gasteiger partial charge in [0.25, 0.3) is 5.91 Å². The number of nitrogens with zero attached hydrogens (tertiary/aromatic N) is 2. The van der Waals surface area contributed by atoms with Gasteiger partial charge >= 0.3 is 0 Å². The minimum Gasteiger partial charge on any atom is -0.366 e. The summed E-state index contributed by atoms with van der Waals surface area (Å²) in [7, 11) is 0. The Balaban J connectivity index is 2.19. The molecule has 0 saturated heterocycles. The van der Waals surface area contributed by atoms with Crippen LogP contribution >= 0.6 is 0 Å². The van der Waals surface area contributed by atoms with E-state index in [4.69, 9.17) is 11.1 Å². The predicted octanol–water partition coefficient (Wildman–Crippen LogP) is 1.95. The molecule has 1 aromatic carbocycles. The molecule has 0 bridgehead atoms. The Morgan fingerprint density at radius 3 is 2.71 bits per heavy atom. The van der Waals surface area contributed by atoms with Crippen LogP contribution in [0.5, 0.6) is 0 Å². The van der Waals surface area contributed by atoms with E-state index in [1.807, 2.05) is 30.3 Å². The van der Waals surface area contributed by atoms with Crippen LogP contribution in [0.4, 0.5) is 0 Å². The van der Waals surface area contributed by atoms with E-state index in [2.05, 4.69) is 4.99 Å². The summed E-state index contributed by atoms with van der Waals surface area (Å²) in [6.45, 7) is 0. The van der Waals surface area contributed by atoms with Gasteiger partial charge in [0.1, 0.15) is 6.07 Å². The number of fused-ring (bicyclic) bond motifs is 2. The number of primary amides is 1. The van der Waals surface area contributed by atoms with Gasteiger partial charge in [0.2, 0.25) is 0 Å². The maximum Gasteiger partial charge on any atom is 0.251 e. The summed E-state index contributed by atoms with van der Waals surface area (Å²) in [5, 5.41) is 17.5. The zero-order chi connectivity index (χ0) is 15.0. The summed E-state index contributed by atoms with van der Waals surface area (Å²) >= 11 is 0. The van der Waals surface area contributed by atoms with Gasteiger partial charge in [-0.05, 0) is 24.0 Å². The Hall–Kier alpha value is -3.00. The molecule has 2 aliphatic rings. The van der Waals surface area contributed by atoms with E-state index in [9.17, 15) is 10.1 Å². The largest absolute Gasteiger partial charge is 0.366 e. The van der Waals surface area contributed by atoms with Crippen LogP contribution in [0.3, 0.4) is 0 Å². The second kappa shape index (κ2) is 4.84. The molecule has 1 amide bonds. The molecule has 5 nitrogen and oxygen atoms in total. The third-order valence-corrected chi connectivity index (χ3v) is 3.64. The van der Waals surface area contributed by atoms with E-state index >= 15 is 0 Å². The number of benzene rings is 1. The Kier molecular flexibility index (Phi) is 2.99. The maximum atomic E-state index is 11.4. The quantitative estimate of drug-likeness (QED) is 0.818. The minimum atomic E-state index is -0.665. The van der Waals surface area contributed by atoms with Crippen LogP contribution in [0.25, 0.3) is 5.57 Å². The highest BCUT2D eigenvalue weighted by atomic mass is 16.1. The average Bonchev–Trinajstić information content (AvgIpc) is 2.71. The van der Waals surface area contributed by atoms with Crippen molar-refractivity contribution in [1.29, 1.82) is 10.7 Å². The van der Waals surface area contributed by atoms with Gasteiger partial charge in [-0.15, -0.1) is 0 Å². The van der Waals surface area contributed by atoms with Crippen molar-refractivity contribution in [2.24, 2.45) is 10.7 Å². The standard InChI is InChI=1S/C16H12N4O/c17-8-13-12(16(19)21)7-3-6-11-9-4-1-2-5-10(9)14(18)15(11)20-13/h1-2,4-5,7,18H,3,6H2,(H2,19,21)/b12-7+,18-14?,20-13?. The SMILES string of the molecule is N#CC1=NC2=C(CC/C=C\1C(N)=O)c1ccccc1C2=N. The van der Waals surface area contributed by atoms with Crippen LogP contribution < -0.4 is 5.73 Å². The highest BCUT2D eigenvalue weighted by Crippen LogP contribution is 2.37.